The SMILES string of the molecule is CC(C)(O)[C@@H]1C[C@@H](Nc2nc(Nc3ccnc(C(F)(F)F)c3)ncc2-c2nc3ccccc3s2)[C@H](O)[C@@H]1O. The normalized spacial score (nSPS) is 22.1. The Hall–Kier alpha value is -3.39. The van der Waals surface area contributed by atoms with Crippen LogP contribution in [0.15, 0.2) is 48.8 Å². The molecule has 0 aliphatic heterocycles. The number of para-hydroxylation sites is 1. The molecule has 200 valence electrons. The number of alkyl halides is 3. The Labute approximate surface area is 219 Å². The zero-order valence-electron chi connectivity index (χ0n) is 20.3. The lowest BCUT2D eigenvalue weighted by molar-refractivity contribution is -0.141. The van der Waals surface area contributed by atoms with Crippen LogP contribution in [-0.4, -0.2) is 59.1 Å². The zero-order valence-corrected chi connectivity index (χ0v) is 21.1. The lowest BCUT2D eigenvalue weighted by Crippen LogP contribution is -2.40. The second-order valence-electron chi connectivity index (χ2n) is 9.72. The van der Waals surface area contributed by atoms with Crippen molar-refractivity contribution in [2.24, 2.45) is 5.92 Å². The molecule has 1 aromatic carbocycles. The van der Waals surface area contributed by atoms with Crippen LogP contribution in [0.2, 0.25) is 0 Å². The van der Waals surface area contributed by atoms with Crippen LogP contribution in [0.1, 0.15) is 26.0 Å². The molecular formula is C25H25F3N6O3S. The summed E-state index contributed by atoms with van der Waals surface area (Å²) in [5.74, 6) is -0.332. The minimum absolute atomic E-state index is 0.00348. The highest BCUT2D eigenvalue weighted by Crippen LogP contribution is 2.39. The Morgan fingerprint density at radius 3 is 2.47 bits per heavy atom. The molecule has 3 heterocycles. The van der Waals surface area contributed by atoms with Crippen molar-refractivity contribution in [1.82, 2.24) is 19.9 Å². The second kappa shape index (κ2) is 9.73. The van der Waals surface area contributed by atoms with Crippen LogP contribution < -0.4 is 10.6 Å². The van der Waals surface area contributed by atoms with Crippen LogP contribution in [0.3, 0.4) is 0 Å². The van der Waals surface area contributed by atoms with Gasteiger partial charge in [-0.05, 0) is 44.5 Å². The summed E-state index contributed by atoms with van der Waals surface area (Å²) in [7, 11) is 0. The number of thiazole rings is 1. The fourth-order valence-corrected chi connectivity index (χ4v) is 5.52. The first kappa shape index (κ1) is 26.2. The summed E-state index contributed by atoms with van der Waals surface area (Å²) in [4.78, 5) is 16.8. The van der Waals surface area contributed by atoms with E-state index in [2.05, 4.69) is 30.6 Å². The molecule has 1 saturated carbocycles. The van der Waals surface area contributed by atoms with Gasteiger partial charge in [0.25, 0.3) is 0 Å². The molecule has 38 heavy (non-hydrogen) atoms. The number of rotatable bonds is 6. The highest BCUT2D eigenvalue weighted by Gasteiger charge is 2.47. The number of anilines is 3. The third-order valence-corrected chi connectivity index (χ3v) is 7.60. The Balaban J connectivity index is 1.51. The maximum atomic E-state index is 13.1. The molecule has 4 atom stereocenters. The van der Waals surface area contributed by atoms with E-state index >= 15 is 0 Å². The molecule has 0 bridgehead atoms. The summed E-state index contributed by atoms with van der Waals surface area (Å²) in [6, 6.07) is 9.09. The summed E-state index contributed by atoms with van der Waals surface area (Å²) in [5, 5.41) is 38.3. The first-order valence-electron chi connectivity index (χ1n) is 11.8. The lowest BCUT2D eigenvalue weighted by atomic mass is 9.88. The molecule has 1 aliphatic rings. The molecule has 0 radical (unpaired) electrons. The molecule has 1 aliphatic carbocycles. The van der Waals surface area contributed by atoms with Crippen LogP contribution in [-0.2, 0) is 6.18 Å². The van der Waals surface area contributed by atoms with E-state index < -0.39 is 41.6 Å². The fourth-order valence-electron chi connectivity index (χ4n) is 4.54. The quantitative estimate of drug-likeness (QED) is 0.241. The summed E-state index contributed by atoms with van der Waals surface area (Å²) < 4.78 is 40.3. The molecule has 4 aromatic rings. The maximum absolute atomic E-state index is 13.1. The minimum atomic E-state index is -4.61. The van der Waals surface area contributed by atoms with Gasteiger partial charge in [0.1, 0.15) is 22.6 Å². The van der Waals surface area contributed by atoms with Gasteiger partial charge in [-0.15, -0.1) is 11.3 Å². The van der Waals surface area contributed by atoms with E-state index in [0.717, 1.165) is 22.5 Å². The average molecular weight is 547 g/mol. The monoisotopic (exact) mass is 546 g/mol. The van der Waals surface area contributed by atoms with Crippen LogP contribution in [0.4, 0.5) is 30.6 Å². The van der Waals surface area contributed by atoms with Crippen LogP contribution >= 0.6 is 11.3 Å². The molecule has 0 spiro atoms. The number of benzene rings is 1. The molecular weight excluding hydrogens is 521 g/mol. The van der Waals surface area contributed by atoms with Gasteiger partial charge in [-0.2, -0.15) is 18.2 Å². The number of nitrogens with one attached hydrogen (secondary N) is 2. The number of aliphatic hydroxyl groups is 3. The van der Waals surface area contributed by atoms with Gasteiger partial charge >= 0.3 is 6.18 Å². The summed E-state index contributed by atoms with van der Waals surface area (Å²) in [5.41, 5.74) is -0.925. The summed E-state index contributed by atoms with van der Waals surface area (Å²) in [6.45, 7) is 3.14. The first-order chi connectivity index (χ1) is 17.9. The first-order valence-corrected chi connectivity index (χ1v) is 12.6. The van der Waals surface area contributed by atoms with Crippen LogP contribution in [0.5, 0.6) is 0 Å². The number of hydrogen-bond donors (Lipinski definition) is 5. The van der Waals surface area contributed by atoms with Crippen LogP contribution in [0, 0.1) is 5.92 Å². The molecule has 5 rings (SSSR count). The highest BCUT2D eigenvalue weighted by molar-refractivity contribution is 7.21. The van der Waals surface area contributed by atoms with Crippen molar-refractivity contribution in [3.8, 4) is 10.6 Å². The number of aromatic nitrogens is 4. The van der Waals surface area contributed by atoms with Crippen molar-refractivity contribution in [1.29, 1.82) is 0 Å². The fraction of sp³-hybridized carbons (Fsp3) is 0.360. The molecule has 1 fully saturated rings. The number of fused-ring (bicyclic) bond motifs is 1. The average Bonchev–Trinajstić information content (AvgIpc) is 3.40. The van der Waals surface area contributed by atoms with E-state index in [4.69, 9.17) is 0 Å². The number of pyridine rings is 1. The highest BCUT2D eigenvalue weighted by atomic mass is 32.1. The number of aliphatic hydroxyl groups excluding tert-OH is 2. The lowest BCUT2D eigenvalue weighted by Gasteiger charge is -2.28. The summed E-state index contributed by atoms with van der Waals surface area (Å²) >= 11 is 1.41. The van der Waals surface area contributed by atoms with E-state index in [0.29, 0.717) is 10.6 Å². The van der Waals surface area contributed by atoms with Crippen LogP contribution in [0.25, 0.3) is 20.8 Å². The maximum Gasteiger partial charge on any atom is 0.433 e. The van der Waals surface area contributed by atoms with Crippen molar-refractivity contribution < 1.29 is 28.5 Å². The third kappa shape index (κ3) is 5.27. The number of hydrogen-bond acceptors (Lipinski definition) is 10. The third-order valence-electron chi connectivity index (χ3n) is 6.53. The van der Waals surface area contributed by atoms with Gasteiger partial charge in [-0.3, -0.25) is 4.98 Å². The van der Waals surface area contributed by atoms with Crippen molar-refractivity contribution in [2.75, 3.05) is 10.6 Å². The molecule has 0 amide bonds. The standard InChI is InChI=1S/C25H25F3N6O3S/c1-24(2,37)14-10-16(20(36)19(14)35)32-21-13(22-33-15-5-3-4-6-17(15)38-22)11-30-23(34-21)31-12-7-8-29-18(9-12)25(26,27)28/h3-9,11,14,16,19-20,35-37H,10H2,1-2H3,(H2,29,30,31,32,34)/t14-,16-,19-,20+/m1/s1. The van der Waals surface area contributed by atoms with E-state index in [-0.39, 0.29) is 23.9 Å². The molecule has 9 nitrogen and oxygen atoms in total. The van der Waals surface area contributed by atoms with Crippen molar-refractivity contribution >= 4 is 39.0 Å². The zero-order chi connectivity index (χ0) is 27.2. The summed E-state index contributed by atoms with van der Waals surface area (Å²) in [6.07, 6.45) is -4.21. The molecule has 5 N–H and O–H groups in total. The molecule has 13 heteroatoms. The van der Waals surface area contributed by atoms with Crippen molar-refractivity contribution in [2.45, 2.75) is 50.3 Å². The van der Waals surface area contributed by atoms with E-state index in [1.807, 2.05) is 24.3 Å². The molecule has 0 saturated heterocycles. The second-order valence-corrected chi connectivity index (χ2v) is 10.8. The minimum Gasteiger partial charge on any atom is -0.390 e. The Morgan fingerprint density at radius 2 is 1.79 bits per heavy atom. The smallest absolute Gasteiger partial charge is 0.390 e. The van der Waals surface area contributed by atoms with E-state index in [1.165, 1.54) is 23.6 Å². The number of nitrogens with zero attached hydrogens (tertiary/aromatic N) is 4. The Kier molecular flexibility index (Phi) is 6.71. The predicted molar refractivity (Wildman–Crippen MR) is 137 cm³/mol. The molecule has 0 unspecified atom stereocenters. The van der Waals surface area contributed by atoms with Gasteiger partial charge in [0.05, 0.1) is 33.5 Å². The van der Waals surface area contributed by atoms with Gasteiger partial charge < -0.3 is 26.0 Å². The Bertz CT molecular complexity index is 1430. The van der Waals surface area contributed by atoms with Crippen molar-refractivity contribution in [3.63, 3.8) is 0 Å². The van der Waals surface area contributed by atoms with Gasteiger partial charge in [0.15, 0.2) is 0 Å². The predicted octanol–water partition coefficient (Wildman–Crippen LogP) is 4.20. The van der Waals surface area contributed by atoms with Gasteiger partial charge in [-0.25, -0.2) is 9.97 Å². The number of halogens is 3. The van der Waals surface area contributed by atoms with Gasteiger partial charge in [0.2, 0.25) is 5.95 Å². The van der Waals surface area contributed by atoms with E-state index in [1.54, 1.807) is 13.8 Å². The van der Waals surface area contributed by atoms with E-state index in [9.17, 15) is 28.5 Å². The van der Waals surface area contributed by atoms with Gasteiger partial charge in [0, 0.05) is 24.0 Å². The molecule has 3 aromatic heterocycles. The largest absolute Gasteiger partial charge is 0.433 e. The Morgan fingerprint density at radius 1 is 1.03 bits per heavy atom. The van der Waals surface area contributed by atoms with Crippen molar-refractivity contribution in [3.05, 3.63) is 54.5 Å². The van der Waals surface area contributed by atoms with Gasteiger partial charge in [-0.1, -0.05) is 12.1 Å². The topological polar surface area (TPSA) is 136 Å².